The fourth-order valence-corrected chi connectivity index (χ4v) is 7.06. The van der Waals surface area contributed by atoms with Crippen molar-refractivity contribution in [1.82, 2.24) is 29.4 Å². The van der Waals surface area contributed by atoms with Gasteiger partial charge in [-0.15, -0.1) is 0 Å². The van der Waals surface area contributed by atoms with Crippen LogP contribution in [-0.4, -0.2) is 70.5 Å². The van der Waals surface area contributed by atoms with Gasteiger partial charge in [0.15, 0.2) is 0 Å². The van der Waals surface area contributed by atoms with Crippen LogP contribution in [0.2, 0.25) is 0 Å². The SMILES string of the molecule is CC(C)N(C[C@H]1C[C@@H](n2ccc3c(N)ncnc32)[C@H](O)[C@@H]1O)[C@H]1C[C@H](CCc2nc3cc(C(C)(C)C)ccc3[nH]2)C1. The van der Waals surface area contributed by atoms with E-state index in [2.05, 4.69) is 72.7 Å². The molecule has 5 N–H and O–H groups in total. The lowest BCUT2D eigenvalue weighted by molar-refractivity contribution is -0.0180. The molecule has 9 nitrogen and oxygen atoms in total. The first kappa shape index (κ1) is 28.1. The molecule has 4 aromatic rings. The van der Waals surface area contributed by atoms with Crippen molar-refractivity contribution >= 4 is 27.9 Å². The molecule has 3 heterocycles. The number of fused-ring (bicyclic) bond motifs is 2. The maximum absolute atomic E-state index is 11.1. The number of aliphatic hydroxyl groups excluding tert-OH is 2. The van der Waals surface area contributed by atoms with E-state index in [1.807, 2.05) is 16.8 Å². The molecule has 0 amide bonds. The second kappa shape index (κ2) is 10.7. The Morgan fingerprint density at radius 1 is 1.10 bits per heavy atom. The number of imidazole rings is 1. The lowest BCUT2D eigenvalue weighted by atomic mass is 9.76. The molecule has 220 valence electrons. The van der Waals surface area contributed by atoms with Gasteiger partial charge in [0.05, 0.1) is 28.6 Å². The highest BCUT2D eigenvalue weighted by Crippen LogP contribution is 2.41. The van der Waals surface area contributed by atoms with Crippen LogP contribution in [-0.2, 0) is 11.8 Å². The summed E-state index contributed by atoms with van der Waals surface area (Å²) in [7, 11) is 0. The molecule has 1 aromatic carbocycles. The molecule has 4 atom stereocenters. The van der Waals surface area contributed by atoms with Crippen LogP contribution < -0.4 is 5.73 Å². The number of hydrogen-bond donors (Lipinski definition) is 4. The number of benzene rings is 1. The average Bonchev–Trinajstić information content (AvgIpc) is 3.58. The third kappa shape index (κ3) is 5.35. The van der Waals surface area contributed by atoms with Crippen molar-refractivity contribution < 1.29 is 10.2 Å². The highest BCUT2D eigenvalue weighted by atomic mass is 16.3. The highest BCUT2D eigenvalue weighted by molar-refractivity contribution is 5.86. The first-order chi connectivity index (χ1) is 19.5. The molecule has 2 aliphatic carbocycles. The van der Waals surface area contributed by atoms with E-state index in [0.29, 0.717) is 35.9 Å². The van der Waals surface area contributed by atoms with E-state index >= 15 is 0 Å². The molecule has 2 saturated carbocycles. The summed E-state index contributed by atoms with van der Waals surface area (Å²) in [6.45, 7) is 12.0. The minimum absolute atomic E-state index is 0.0124. The Balaban J connectivity index is 1.06. The summed E-state index contributed by atoms with van der Waals surface area (Å²) in [5.41, 5.74) is 10.3. The Kier molecular flexibility index (Phi) is 7.32. The summed E-state index contributed by atoms with van der Waals surface area (Å²) < 4.78 is 1.96. The molecule has 9 heteroatoms. The molecule has 3 aromatic heterocycles. The maximum Gasteiger partial charge on any atom is 0.145 e. The smallest absolute Gasteiger partial charge is 0.145 e. The van der Waals surface area contributed by atoms with Gasteiger partial charge in [0.25, 0.3) is 0 Å². The van der Waals surface area contributed by atoms with Crippen molar-refractivity contribution in [2.45, 2.75) is 102 Å². The fraction of sp³-hybridized carbons (Fsp3) is 0.594. The van der Waals surface area contributed by atoms with Gasteiger partial charge in [0, 0.05) is 37.2 Å². The van der Waals surface area contributed by atoms with Crippen LogP contribution in [0.3, 0.4) is 0 Å². The normalized spacial score (nSPS) is 27.0. The quantitative estimate of drug-likeness (QED) is 0.248. The highest BCUT2D eigenvalue weighted by Gasteiger charge is 2.45. The molecule has 0 radical (unpaired) electrons. The Morgan fingerprint density at radius 3 is 2.61 bits per heavy atom. The van der Waals surface area contributed by atoms with Crippen molar-refractivity contribution in [1.29, 1.82) is 0 Å². The van der Waals surface area contributed by atoms with Crippen molar-refractivity contribution in [3.63, 3.8) is 0 Å². The summed E-state index contributed by atoms with van der Waals surface area (Å²) in [6, 6.07) is 9.11. The molecule has 0 bridgehead atoms. The van der Waals surface area contributed by atoms with Crippen LogP contribution in [0.5, 0.6) is 0 Å². The molecule has 0 spiro atoms. The van der Waals surface area contributed by atoms with E-state index in [1.54, 1.807) is 0 Å². The van der Waals surface area contributed by atoms with Gasteiger partial charge in [-0.1, -0.05) is 26.8 Å². The Labute approximate surface area is 242 Å². The molecule has 2 fully saturated rings. The van der Waals surface area contributed by atoms with E-state index in [9.17, 15) is 10.2 Å². The zero-order chi connectivity index (χ0) is 29.1. The zero-order valence-corrected chi connectivity index (χ0v) is 25.0. The molecule has 0 saturated heterocycles. The average molecular weight is 560 g/mol. The van der Waals surface area contributed by atoms with Gasteiger partial charge in [-0.25, -0.2) is 15.0 Å². The lowest BCUT2D eigenvalue weighted by Crippen LogP contribution is -2.51. The van der Waals surface area contributed by atoms with Crippen LogP contribution in [0.1, 0.15) is 77.7 Å². The van der Waals surface area contributed by atoms with Crippen LogP contribution in [0.15, 0.2) is 36.8 Å². The van der Waals surface area contributed by atoms with Gasteiger partial charge in [0.1, 0.15) is 29.7 Å². The van der Waals surface area contributed by atoms with Gasteiger partial charge in [-0.05, 0) is 74.6 Å². The number of rotatable bonds is 8. The number of H-pyrrole nitrogens is 1. The summed E-state index contributed by atoms with van der Waals surface area (Å²) >= 11 is 0. The molecular formula is C32H45N7O2. The second-order valence-corrected chi connectivity index (χ2v) is 13.7. The minimum Gasteiger partial charge on any atom is -0.390 e. The maximum atomic E-state index is 11.1. The number of aryl methyl sites for hydroxylation is 1. The standard InChI is InChI=1S/C32H45N7O2/c1-18(2)39(16-20-14-26(29(41)28(20)40)38-11-10-23-30(33)34-17-35-31(23)38)22-12-19(13-22)6-9-27-36-24-8-7-21(32(3,4)5)15-25(24)37-27/h7-8,10-11,15,17-20,22,26,28-29,40-41H,6,9,12-14,16H2,1-5H3,(H,36,37)(H2,33,34,35)/t19-,20-,22-,26-,28-,29+/m1/s1. The number of aromatic amines is 1. The molecule has 41 heavy (non-hydrogen) atoms. The van der Waals surface area contributed by atoms with Crippen LogP contribution >= 0.6 is 0 Å². The predicted molar refractivity (Wildman–Crippen MR) is 163 cm³/mol. The van der Waals surface area contributed by atoms with E-state index in [0.717, 1.165) is 41.6 Å². The molecular weight excluding hydrogens is 514 g/mol. The van der Waals surface area contributed by atoms with Crippen LogP contribution in [0.25, 0.3) is 22.1 Å². The number of anilines is 1. The van der Waals surface area contributed by atoms with Crippen molar-refractivity contribution in [3.05, 3.63) is 48.2 Å². The largest absolute Gasteiger partial charge is 0.390 e. The fourth-order valence-electron chi connectivity index (χ4n) is 7.06. The topological polar surface area (TPSA) is 129 Å². The summed E-state index contributed by atoms with van der Waals surface area (Å²) in [5.74, 6) is 2.18. The Morgan fingerprint density at radius 2 is 1.88 bits per heavy atom. The van der Waals surface area contributed by atoms with Crippen molar-refractivity contribution in [3.8, 4) is 0 Å². The monoisotopic (exact) mass is 559 g/mol. The molecule has 6 rings (SSSR count). The Bertz CT molecular complexity index is 1510. The number of nitrogen functional groups attached to an aromatic ring is 1. The first-order valence-electron chi connectivity index (χ1n) is 15.2. The van der Waals surface area contributed by atoms with Crippen molar-refractivity contribution in [2.24, 2.45) is 11.8 Å². The van der Waals surface area contributed by atoms with Crippen LogP contribution in [0.4, 0.5) is 5.82 Å². The predicted octanol–water partition coefficient (Wildman–Crippen LogP) is 4.59. The summed E-state index contributed by atoms with van der Waals surface area (Å²) in [6.07, 6.45) is 6.85. The minimum atomic E-state index is -0.849. The van der Waals surface area contributed by atoms with Gasteiger partial charge in [-0.3, -0.25) is 4.90 Å². The zero-order valence-electron chi connectivity index (χ0n) is 25.0. The Hall–Kier alpha value is -3.01. The summed E-state index contributed by atoms with van der Waals surface area (Å²) in [4.78, 5) is 19.5. The van der Waals surface area contributed by atoms with Crippen molar-refractivity contribution in [2.75, 3.05) is 12.3 Å². The van der Waals surface area contributed by atoms with Gasteiger partial charge >= 0.3 is 0 Å². The number of aliphatic hydroxyl groups is 2. The van der Waals surface area contributed by atoms with E-state index in [4.69, 9.17) is 10.7 Å². The van der Waals surface area contributed by atoms with E-state index < -0.39 is 12.2 Å². The lowest BCUT2D eigenvalue weighted by Gasteiger charge is -2.46. The van der Waals surface area contributed by atoms with E-state index in [-0.39, 0.29) is 17.4 Å². The third-order valence-corrected chi connectivity index (χ3v) is 9.64. The number of aromatic nitrogens is 5. The molecule has 0 aliphatic heterocycles. The van der Waals surface area contributed by atoms with Gasteiger partial charge in [-0.2, -0.15) is 0 Å². The van der Waals surface area contributed by atoms with Gasteiger partial charge < -0.3 is 25.5 Å². The summed E-state index contributed by atoms with van der Waals surface area (Å²) in [5, 5.41) is 22.9. The van der Waals surface area contributed by atoms with Gasteiger partial charge in [0.2, 0.25) is 0 Å². The molecule has 2 aliphatic rings. The second-order valence-electron chi connectivity index (χ2n) is 13.7. The van der Waals surface area contributed by atoms with Crippen LogP contribution in [0, 0.1) is 11.8 Å². The third-order valence-electron chi connectivity index (χ3n) is 9.64. The molecule has 0 unspecified atom stereocenters. The van der Waals surface area contributed by atoms with E-state index in [1.165, 1.54) is 24.7 Å². The number of hydrogen-bond acceptors (Lipinski definition) is 7. The number of nitrogens with zero attached hydrogens (tertiary/aromatic N) is 5. The number of nitrogens with one attached hydrogen (secondary N) is 1. The first-order valence-corrected chi connectivity index (χ1v) is 15.2. The number of nitrogens with two attached hydrogens (primary N) is 1.